The van der Waals surface area contributed by atoms with E-state index in [-0.39, 0.29) is 12.3 Å². The first-order chi connectivity index (χ1) is 14.4. The molecule has 1 amide bonds. The average Bonchev–Trinajstić information content (AvgIpc) is 3.43. The van der Waals surface area contributed by atoms with Crippen molar-refractivity contribution < 1.29 is 29.0 Å². The maximum Gasteiger partial charge on any atom is 0.354 e. The lowest BCUT2D eigenvalue weighted by Gasteiger charge is -2.11. The van der Waals surface area contributed by atoms with Crippen LogP contribution in [0.2, 0.25) is 0 Å². The van der Waals surface area contributed by atoms with E-state index in [0.717, 1.165) is 0 Å². The molecule has 1 saturated carbocycles. The number of H-pyrrole nitrogens is 1. The van der Waals surface area contributed by atoms with Crippen molar-refractivity contribution in [2.75, 3.05) is 11.9 Å². The van der Waals surface area contributed by atoms with Crippen LogP contribution in [0.3, 0.4) is 0 Å². The molecule has 1 aliphatic rings. The molecule has 4 rings (SSSR count). The summed E-state index contributed by atoms with van der Waals surface area (Å²) in [4.78, 5) is 42.5. The maximum absolute atomic E-state index is 12.2. The molecule has 2 aromatic heterocycles. The highest BCUT2D eigenvalue weighted by molar-refractivity contribution is 6.10. The molecule has 3 N–H and O–H groups in total. The summed E-state index contributed by atoms with van der Waals surface area (Å²) in [5, 5.41) is 12.4. The minimum Gasteiger partial charge on any atom is -0.480 e. The van der Waals surface area contributed by atoms with Crippen molar-refractivity contribution in [3.63, 3.8) is 0 Å². The number of pyridine rings is 1. The van der Waals surface area contributed by atoms with Crippen LogP contribution in [0.25, 0.3) is 11.0 Å². The van der Waals surface area contributed by atoms with Gasteiger partial charge in [-0.1, -0.05) is 0 Å². The second kappa shape index (κ2) is 7.51. The average molecular weight is 409 g/mol. The summed E-state index contributed by atoms with van der Waals surface area (Å²) < 4.78 is 10.9. The quantitative estimate of drug-likeness (QED) is 0.403. The van der Waals surface area contributed by atoms with E-state index in [1.807, 2.05) is 0 Å². The van der Waals surface area contributed by atoms with Gasteiger partial charge in [-0.3, -0.25) is 9.59 Å². The number of fused-ring (bicyclic) bond motifs is 1. The second-order valence-corrected chi connectivity index (χ2v) is 6.94. The summed E-state index contributed by atoms with van der Waals surface area (Å²) in [6.45, 7) is 1.99. The predicted octanol–water partition coefficient (Wildman–Crippen LogP) is 3.34. The minimum atomic E-state index is -1.30. The standard InChI is InChI=1S/C21H19N3O6/c1-2-29-18(25)15-11-14-16(7-10-22-17(14)24-15)30-13-5-3-12(4-6-13)23-19(26)21(8-9-21)20(27)28/h3-7,10-11H,2,8-9H2,1H3,(H,22,24)(H,23,26)(H,27,28). The Kier molecular flexibility index (Phi) is 4.86. The van der Waals surface area contributed by atoms with Crippen LogP contribution in [0, 0.1) is 5.41 Å². The van der Waals surface area contributed by atoms with Crippen LogP contribution in [0.15, 0.2) is 42.6 Å². The molecule has 0 atom stereocenters. The Balaban J connectivity index is 1.49. The van der Waals surface area contributed by atoms with Crippen molar-refractivity contribution >= 4 is 34.6 Å². The SMILES string of the molecule is CCOC(=O)c1cc2c(Oc3ccc(NC(=O)C4(C(=O)O)CC4)cc3)ccnc2[nH]1. The first-order valence-electron chi connectivity index (χ1n) is 9.40. The molecule has 0 saturated heterocycles. The van der Waals surface area contributed by atoms with Gasteiger partial charge in [0, 0.05) is 11.9 Å². The van der Waals surface area contributed by atoms with E-state index in [4.69, 9.17) is 9.47 Å². The molecule has 2 heterocycles. The molecule has 9 heteroatoms. The van der Waals surface area contributed by atoms with Gasteiger partial charge in [-0.2, -0.15) is 0 Å². The zero-order valence-electron chi connectivity index (χ0n) is 16.1. The van der Waals surface area contributed by atoms with Crippen LogP contribution >= 0.6 is 0 Å². The van der Waals surface area contributed by atoms with Gasteiger partial charge in [0.25, 0.3) is 0 Å². The maximum atomic E-state index is 12.2. The Morgan fingerprint density at radius 3 is 2.57 bits per heavy atom. The summed E-state index contributed by atoms with van der Waals surface area (Å²) in [7, 11) is 0. The Morgan fingerprint density at radius 2 is 1.93 bits per heavy atom. The van der Waals surface area contributed by atoms with E-state index in [1.54, 1.807) is 49.5 Å². The number of amides is 1. The Labute approximate surface area is 171 Å². The van der Waals surface area contributed by atoms with Crippen molar-refractivity contribution in [3.05, 3.63) is 48.3 Å². The molecular formula is C21H19N3O6. The molecule has 154 valence electrons. The van der Waals surface area contributed by atoms with Gasteiger partial charge in [-0.15, -0.1) is 0 Å². The number of hydrogen-bond acceptors (Lipinski definition) is 6. The fourth-order valence-corrected chi connectivity index (χ4v) is 3.06. The second-order valence-electron chi connectivity index (χ2n) is 6.94. The van der Waals surface area contributed by atoms with E-state index >= 15 is 0 Å². The zero-order chi connectivity index (χ0) is 21.3. The number of nitrogens with zero attached hydrogens (tertiary/aromatic N) is 1. The summed E-state index contributed by atoms with van der Waals surface area (Å²) >= 11 is 0. The van der Waals surface area contributed by atoms with Crippen LogP contribution in [-0.4, -0.2) is 39.5 Å². The van der Waals surface area contributed by atoms with Crippen LogP contribution < -0.4 is 10.1 Å². The number of anilines is 1. The van der Waals surface area contributed by atoms with Gasteiger partial charge in [0.15, 0.2) is 0 Å². The molecule has 0 radical (unpaired) electrons. The summed E-state index contributed by atoms with van der Waals surface area (Å²) in [6.07, 6.45) is 2.24. The fourth-order valence-electron chi connectivity index (χ4n) is 3.06. The van der Waals surface area contributed by atoms with Crippen molar-refractivity contribution in [2.45, 2.75) is 19.8 Å². The lowest BCUT2D eigenvalue weighted by Crippen LogP contribution is -2.31. The van der Waals surface area contributed by atoms with Gasteiger partial charge in [0.05, 0.1) is 12.0 Å². The van der Waals surface area contributed by atoms with Crippen LogP contribution in [0.4, 0.5) is 5.69 Å². The first-order valence-corrected chi connectivity index (χ1v) is 9.40. The highest BCUT2D eigenvalue weighted by Gasteiger charge is 2.57. The highest BCUT2D eigenvalue weighted by Crippen LogP contribution is 2.46. The van der Waals surface area contributed by atoms with Crippen molar-refractivity contribution in [1.82, 2.24) is 9.97 Å². The number of rotatable bonds is 7. The number of esters is 1. The zero-order valence-corrected chi connectivity index (χ0v) is 16.1. The molecule has 1 fully saturated rings. The Bertz CT molecular complexity index is 1130. The minimum absolute atomic E-state index is 0.265. The number of carbonyl (C=O) groups excluding carboxylic acids is 2. The fraction of sp³-hybridized carbons (Fsp3) is 0.238. The first kappa shape index (κ1) is 19.4. The van der Waals surface area contributed by atoms with Gasteiger partial charge in [-0.25, -0.2) is 9.78 Å². The Morgan fingerprint density at radius 1 is 1.20 bits per heavy atom. The number of carbonyl (C=O) groups is 3. The van der Waals surface area contributed by atoms with Gasteiger partial charge in [-0.05, 0) is 56.2 Å². The molecule has 0 aliphatic heterocycles. The molecule has 0 bridgehead atoms. The molecule has 1 aliphatic carbocycles. The monoisotopic (exact) mass is 409 g/mol. The van der Waals surface area contributed by atoms with Crippen molar-refractivity contribution in [1.29, 1.82) is 0 Å². The number of aromatic amines is 1. The third kappa shape index (κ3) is 3.57. The van der Waals surface area contributed by atoms with Crippen LogP contribution in [0.1, 0.15) is 30.3 Å². The van der Waals surface area contributed by atoms with Gasteiger partial charge < -0.3 is 24.9 Å². The normalized spacial score (nSPS) is 14.2. The molecule has 0 spiro atoms. The van der Waals surface area contributed by atoms with Crippen molar-refractivity contribution in [3.8, 4) is 11.5 Å². The molecular weight excluding hydrogens is 390 g/mol. The van der Waals surface area contributed by atoms with Crippen molar-refractivity contribution in [2.24, 2.45) is 5.41 Å². The van der Waals surface area contributed by atoms with Crippen LogP contribution in [0.5, 0.6) is 11.5 Å². The van der Waals surface area contributed by atoms with E-state index < -0.39 is 23.3 Å². The number of carboxylic acid groups (broad SMARTS) is 1. The predicted molar refractivity (Wildman–Crippen MR) is 106 cm³/mol. The topological polar surface area (TPSA) is 131 Å². The molecule has 0 unspecified atom stereocenters. The summed E-state index contributed by atoms with van der Waals surface area (Å²) in [5.41, 5.74) is -0.0577. The molecule has 9 nitrogen and oxygen atoms in total. The molecule has 3 aromatic rings. The number of aromatic nitrogens is 2. The molecule has 30 heavy (non-hydrogen) atoms. The number of benzene rings is 1. The third-order valence-corrected chi connectivity index (χ3v) is 4.92. The van der Waals surface area contributed by atoms with E-state index in [9.17, 15) is 19.5 Å². The van der Waals surface area contributed by atoms with Crippen LogP contribution in [-0.2, 0) is 14.3 Å². The number of carboxylic acids is 1. The van der Waals surface area contributed by atoms with E-state index in [2.05, 4.69) is 15.3 Å². The number of hydrogen-bond donors (Lipinski definition) is 3. The largest absolute Gasteiger partial charge is 0.480 e. The van der Waals surface area contributed by atoms with E-state index in [0.29, 0.717) is 41.1 Å². The third-order valence-electron chi connectivity index (χ3n) is 4.92. The van der Waals surface area contributed by atoms with Gasteiger partial charge in [0.1, 0.15) is 28.3 Å². The smallest absolute Gasteiger partial charge is 0.354 e. The van der Waals surface area contributed by atoms with Gasteiger partial charge >= 0.3 is 11.9 Å². The lowest BCUT2D eigenvalue weighted by molar-refractivity contribution is -0.147. The number of aliphatic carboxylic acids is 1. The highest BCUT2D eigenvalue weighted by atomic mass is 16.5. The van der Waals surface area contributed by atoms with E-state index in [1.165, 1.54) is 0 Å². The number of nitrogens with one attached hydrogen (secondary N) is 2. The lowest BCUT2D eigenvalue weighted by atomic mass is 10.1. The van der Waals surface area contributed by atoms with Gasteiger partial charge in [0.2, 0.25) is 5.91 Å². The number of ether oxygens (including phenoxy) is 2. The Hall–Kier alpha value is -3.88. The summed E-state index contributed by atoms with van der Waals surface area (Å²) in [5.74, 6) is -1.10. The summed E-state index contributed by atoms with van der Waals surface area (Å²) in [6, 6.07) is 9.85. The molecule has 1 aromatic carbocycles.